The van der Waals surface area contributed by atoms with Gasteiger partial charge in [0, 0.05) is 38.3 Å². The van der Waals surface area contributed by atoms with Crippen molar-refractivity contribution in [1.29, 1.82) is 0 Å². The first kappa shape index (κ1) is 38.9. The van der Waals surface area contributed by atoms with Crippen molar-refractivity contribution in [2.24, 2.45) is 11.8 Å². The molecule has 9 nitrogen and oxygen atoms in total. The van der Waals surface area contributed by atoms with Crippen LogP contribution in [0.25, 0.3) is 0 Å². The van der Waals surface area contributed by atoms with Gasteiger partial charge in [-0.25, -0.2) is 4.79 Å². The monoisotopic (exact) mass is 615 g/mol. The van der Waals surface area contributed by atoms with Crippen LogP contribution in [0.1, 0.15) is 92.9 Å². The number of hydrogen-bond acceptors (Lipinski definition) is 8. The number of allylic oxidation sites excluding steroid dienone is 6. The van der Waals surface area contributed by atoms with Crippen LogP contribution in [-0.2, 0) is 33.4 Å². The molecule has 0 aromatic heterocycles. The van der Waals surface area contributed by atoms with E-state index in [-0.39, 0.29) is 42.7 Å². The Morgan fingerprint density at radius 2 is 1.68 bits per heavy atom. The van der Waals surface area contributed by atoms with Crippen LogP contribution >= 0.6 is 0 Å². The molecule has 1 saturated heterocycles. The van der Waals surface area contributed by atoms with Crippen molar-refractivity contribution >= 4 is 29.7 Å². The smallest absolute Gasteiger partial charge is 0.329 e. The molecule has 1 fully saturated rings. The predicted molar refractivity (Wildman–Crippen MR) is 171 cm³/mol. The number of aldehydes is 1. The molecule has 9 heteroatoms. The Hall–Kier alpha value is -3.17. The van der Waals surface area contributed by atoms with Crippen molar-refractivity contribution in [3.05, 3.63) is 47.6 Å². The Labute approximate surface area is 263 Å². The van der Waals surface area contributed by atoms with Gasteiger partial charge in [0.2, 0.25) is 6.29 Å². The normalized spacial score (nSPS) is 19.8. The average Bonchev–Trinajstić information content (AvgIpc) is 3.02. The number of piperidine rings is 1. The number of carbonyl (C=O) groups is 5. The molecule has 1 aliphatic rings. The first-order valence-electron chi connectivity index (χ1n) is 15.8. The van der Waals surface area contributed by atoms with Crippen LogP contribution in [0.5, 0.6) is 0 Å². The number of aliphatic hydroxyl groups is 1. The lowest BCUT2D eigenvalue weighted by molar-refractivity contribution is -0.162. The molecule has 1 N–H and O–H groups in total. The lowest BCUT2D eigenvalue weighted by atomic mass is 9.92. The Kier molecular flexibility index (Phi) is 18.3. The summed E-state index contributed by atoms with van der Waals surface area (Å²) in [5, 5.41) is 10.7. The number of nitrogens with zero attached hydrogens (tertiary/aromatic N) is 1. The van der Waals surface area contributed by atoms with Crippen LogP contribution in [0.15, 0.2) is 47.6 Å². The van der Waals surface area contributed by atoms with Gasteiger partial charge >= 0.3 is 5.97 Å². The summed E-state index contributed by atoms with van der Waals surface area (Å²) in [5.41, 5.74) is 1.67. The van der Waals surface area contributed by atoms with Gasteiger partial charge in [-0.3, -0.25) is 19.2 Å². The number of ketones is 2. The van der Waals surface area contributed by atoms with E-state index >= 15 is 0 Å². The molecule has 0 aromatic carbocycles. The number of likely N-dealkylation sites (tertiary alicyclic amines) is 1. The average molecular weight is 616 g/mol. The van der Waals surface area contributed by atoms with Gasteiger partial charge in [-0.2, -0.15) is 0 Å². The fourth-order valence-corrected chi connectivity index (χ4v) is 4.86. The second-order valence-electron chi connectivity index (χ2n) is 11.8. The number of hydrogen-bond donors (Lipinski definition) is 1. The number of amides is 1. The van der Waals surface area contributed by atoms with Gasteiger partial charge in [-0.05, 0) is 70.4 Å². The topological polar surface area (TPSA) is 127 Å². The molecule has 5 unspecified atom stereocenters. The zero-order valence-electron chi connectivity index (χ0n) is 27.6. The largest absolute Gasteiger partial charge is 0.460 e. The van der Waals surface area contributed by atoms with E-state index in [9.17, 15) is 29.1 Å². The van der Waals surface area contributed by atoms with Crippen LogP contribution in [0.2, 0.25) is 0 Å². The molecule has 44 heavy (non-hydrogen) atoms. The van der Waals surface area contributed by atoms with Crippen LogP contribution in [0.3, 0.4) is 0 Å². The first-order chi connectivity index (χ1) is 20.9. The fourth-order valence-electron chi connectivity index (χ4n) is 4.86. The maximum atomic E-state index is 13.0. The molecule has 0 saturated carbocycles. The van der Waals surface area contributed by atoms with Gasteiger partial charge in [0.05, 0.1) is 12.2 Å². The second-order valence-corrected chi connectivity index (χ2v) is 11.8. The lowest BCUT2D eigenvalue weighted by Gasteiger charge is -2.33. The first-order valence-corrected chi connectivity index (χ1v) is 15.8. The van der Waals surface area contributed by atoms with E-state index < -0.39 is 36.0 Å². The number of carbonyl (C=O) groups excluding carboxylic acids is 5. The van der Waals surface area contributed by atoms with E-state index in [1.807, 2.05) is 51.2 Å². The van der Waals surface area contributed by atoms with Crippen LogP contribution in [0, 0.1) is 11.8 Å². The van der Waals surface area contributed by atoms with Crippen molar-refractivity contribution < 1.29 is 38.6 Å². The molecular weight excluding hydrogens is 562 g/mol. The highest BCUT2D eigenvalue weighted by Gasteiger charge is 2.34. The van der Waals surface area contributed by atoms with Crippen LogP contribution in [-0.4, -0.2) is 77.7 Å². The summed E-state index contributed by atoms with van der Waals surface area (Å²) in [6.45, 7) is 11.4. The maximum absolute atomic E-state index is 13.0. The van der Waals surface area contributed by atoms with Crippen molar-refractivity contribution in [1.82, 2.24) is 4.90 Å². The molecule has 6 atom stereocenters. The minimum Gasteiger partial charge on any atom is -0.460 e. The van der Waals surface area contributed by atoms with E-state index in [0.717, 1.165) is 18.4 Å². The van der Waals surface area contributed by atoms with Gasteiger partial charge in [-0.15, -0.1) is 0 Å². The summed E-state index contributed by atoms with van der Waals surface area (Å²) < 4.78 is 10.9. The molecule has 1 heterocycles. The van der Waals surface area contributed by atoms with E-state index in [1.165, 1.54) is 4.90 Å². The highest BCUT2D eigenvalue weighted by Crippen LogP contribution is 2.21. The third-order valence-electron chi connectivity index (χ3n) is 8.29. The molecule has 1 aliphatic heterocycles. The second kappa shape index (κ2) is 20.7. The quantitative estimate of drug-likeness (QED) is 0.0686. The number of Topliss-reactive ketones (excluding diaryl/α,β-unsaturated/α-hetero) is 2. The zero-order valence-corrected chi connectivity index (χ0v) is 27.6. The van der Waals surface area contributed by atoms with E-state index in [1.54, 1.807) is 34.0 Å². The minimum absolute atomic E-state index is 0.0154. The summed E-state index contributed by atoms with van der Waals surface area (Å²) in [4.78, 5) is 62.6. The molecule has 0 bridgehead atoms. The highest BCUT2D eigenvalue weighted by molar-refractivity contribution is 6.24. The van der Waals surface area contributed by atoms with Gasteiger partial charge in [0.25, 0.3) is 5.91 Å². The SMILES string of the molecule is CCC(CC(=O)C(C)/C=C(\C)C(O)CC(=O)[C@H](C)CC/C=C/C=C/C=C(\C)C(C)OC)OC(=O)C1CCCCN1C(=O)C=O. The van der Waals surface area contributed by atoms with Crippen molar-refractivity contribution in [2.75, 3.05) is 13.7 Å². The summed E-state index contributed by atoms with van der Waals surface area (Å²) in [6, 6.07) is -0.824. The number of methoxy groups -OCH3 is 1. The Morgan fingerprint density at radius 1 is 0.977 bits per heavy atom. The summed E-state index contributed by atoms with van der Waals surface area (Å²) >= 11 is 0. The highest BCUT2D eigenvalue weighted by atomic mass is 16.5. The fraction of sp³-hybridized carbons (Fsp3) is 0.629. The Balaban J connectivity index is 2.59. The number of ether oxygens (including phenoxy) is 2. The lowest BCUT2D eigenvalue weighted by Crippen LogP contribution is -2.49. The van der Waals surface area contributed by atoms with E-state index in [4.69, 9.17) is 9.47 Å². The Bertz CT molecular complexity index is 1090. The van der Waals surface area contributed by atoms with Gasteiger partial charge in [-0.1, -0.05) is 57.2 Å². The van der Waals surface area contributed by atoms with Gasteiger partial charge < -0.3 is 19.5 Å². The third kappa shape index (κ3) is 13.6. The zero-order chi connectivity index (χ0) is 33.2. The summed E-state index contributed by atoms with van der Waals surface area (Å²) in [7, 11) is 1.68. The predicted octanol–water partition coefficient (Wildman–Crippen LogP) is 5.26. The Morgan fingerprint density at radius 3 is 2.32 bits per heavy atom. The van der Waals surface area contributed by atoms with Crippen molar-refractivity contribution in [3.8, 4) is 0 Å². The van der Waals surface area contributed by atoms with Gasteiger partial charge in [0.15, 0.2) is 0 Å². The number of rotatable bonds is 19. The molecule has 1 rings (SSSR count). The molecule has 246 valence electrons. The number of esters is 1. The molecule has 1 amide bonds. The van der Waals surface area contributed by atoms with E-state index in [2.05, 4.69) is 0 Å². The standard InChI is InChI=1S/C35H53NO8/c1-8-29(44-35(42)30-18-14-15-19-36(30)34(41)23-37)21-31(38)26(4)20-27(5)33(40)22-32(39)25(3)17-13-11-9-10-12-16-24(2)28(6)43-7/h9-12,16,20,23,25-26,28-30,33,40H,8,13-15,17-19,21-22H2,1-7H3/b11-9+,12-10+,24-16+,27-20+/t25-,26?,28?,29?,30?,33?/m1/s1. The van der Waals surface area contributed by atoms with Crippen LogP contribution in [0.4, 0.5) is 0 Å². The molecule has 0 radical (unpaired) electrons. The number of aliphatic hydroxyl groups excluding tert-OH is 1. The van der Waals surface area contributed by atoms with Gasteiger partial charge in [0.1, 0.15) is 23.7 Å². The summed E-state index contributed by atoms with van der Waals surface area (Å²) in [6.07, 6.45) is 13.8. The summed E-state index contributed by atoms with van der Waals surface area (Å²) in [5.74, 6) is -2.32. The van der Waals surface area contributed by atoms with Crippen molar-refractivity contribution in [2.45, 2.75) is 117 Å². The van der Waals surface area contributed by atoms with E-state index in [0.29, 0.717) is 37.8 Å². The molecule has 0 aliphatic carbocycles. The maximum Gasteiger partial charge on any atom is 0.329 e. The molecule has 0 spiro atoms. The third-order valence-corrected chi connectivity index (χ3v) is 8.29. The van der Waals surface area contributed by atoms with Crippen LogP contribution < -0.4 is 0 Å². The molecular formula is C35H53NO8. The molecule has 0 aromatic rings. The van der Waals surface area contributed by atoms with Crippen molar-refractivity contribution in [3.63, 3.8) is 0 Å². The minimum atomic E-state index is -0.990.